The van der Waals surface area contributed by atoms with Crippen molar-refractivity contribution < 1.29 is 9.90 Å². The summed E-state index contributed by atoms with van der Waals surface area (Å²) in [4.78, 5) is 11.3. The van der Waals surface area contributed by atoms with Crippen LogP contribution in [-0.2, 0) is 4.79 Å². The summed E-state index contributed by atoms with van der Waals surface area (Å²) in [5.74, 6) is 4.11. The standard InChI is InChI=1S/C23H38O2/c1-15(14-21(24)25)18-9-10-19-17-8-7-16-6-4-5-12-22(16,2)20(17)11-13-23(18,19)3/h15-20H,4-14H2,1-3H3,(H,24,25)/t15-,16+,17+,18-,19+,20+,22+,23-/m1/s1. The van der Waals surface area contributed by atoms with Gasteiger partial charge in [-0.15, -0.1) is 0 Å². The molecule has 4 aliphatic rings. The zero-order valence-corrected chi connectivity index (χ0v) is 16.6. The maximum atomic E-state index is 11.3. The molecular weight excluding hydrogens is 308 g/mol. The number of aliphatic carboxylic acids is 1. The average Bonchev–Trinajstić information content (AvgIpc) is 2.91. The van der Waals surface area contributed by atoms with E-state index in [4.69, 9.17) is 0 Å². The third-order valence-electron chi connectivity index (χ3n) is 9.84. The molecule has 0 saturated heterocycles. The Hall–Kier alpha value is -0.530. The zero-order chi connectivity index (χ0) is 17.8. The lowest BCUT2D eigenvalue weighted by molar-refractivity contribution is -0.139. The largest absolute Gasteiger partial charge is 0.481 e. The quantitative estimate of drug-likeness (QED) is 0.666. The van der Waals surface area contributed by atoms with Gasteiger partial charge in [0.25, 0.3) is 0 Å². The first-order valence-electron chi connectivity index (χ1n) is 11.1. The molecule has 2 heteroatoms. The number of carbonyl (C=O) groups is 1. The van der Waals surface area contributed by atoms with Gasteiger partial charge in [0, 0.05) is 6.42 Å². The van der Waals surface area contributed by atoms with Gasteiger partial charge in [-0.1, -0.05) is 33.6 Å². The fourth-order valence-corrected chi connectivity index (χ4v) is 8.69. The average molecular weight is 347 g/mol. The Morgan fingerprint density at radius 3 is 2.48 bits per heavy atom. The van der Waals surface area contributed by atoms with E-state index in [2.05, 4.69) is 20.8 Å². The Morgan fingerprint density at radius 1 is 0.960 bits per heavy atom. The van der Waals surface area contributed by atoms with E-state index >= 15 is 0 Å². The summed E-state index contributed by atoms with van der Waals surface area (Å²) in [7, 11) is 0. The predicted molar refractivity (Wildman–Crippen MR) is 101 cm³/mol. The van der Waals surface area contributed by atoms with Gasteiger partial charge < -0.3 is 5.11 Å². The Labute approximate surface area is 154 Å². The van der Waals surface area contributed by atoms with Crippen LogP contribution in [0.4, 0.5) is 0 Å². The van der Waals surface area contributed by atoms with Crippen LogP contribution >= 0.6 is 0 Å². The van der Waals surface area contributed by atoms with Crippen molar-refractivity contribution in [2.24, 2.45) is 46.3 Å². The Balaban J connectivity index is 1.56. The maximum Gasteiger partial charge on any atom is 0.303 e. The van der Waals surface area contributed by atoms with Crippen molar-refractivity contribution in [1.29, 1.82) is 0 Å². The molecule has 0 spiro atoms. The summed E-state index contributed by atoms with van der Waals surface area (Å²) in [6.45, 7) is 7.40. The molecule has 2 nitrogen and oxygen atoms in total. The molecule has 0 heterocycles. The molecular formula is C23H38O2. The second-order valence-electron chi connectivity index (χ2n) is 10.7. The summed E-state index contributed by atoms with van der Waals surface area (Å²) in [6.07, 6.45) is 14.6. The van der Waals surface area contributed by atoms with E-state index in [1.165, 1.54) is 64.2 Å². The van der Waals surface area contributed by atoms with Crippen LogP contribution in [0.15, 0.2) is 0 Å². The van der Waals surface area contributed by atoms with Gasteiger partial charge in [0.1, 0.15) is 0 Å². The minimum absolute atomic E-state index is 0.339. The number of rotatable bonds is 3. The van der Waals surface area contributed by atoms with Crippen molar-refractivity contribution >= 4 is 5.97 Å². The summed E-state index contributed by atoms with van der Waals surface area (Å²) < 4.78 is 0. The van der Waals surface area contributed by atoms with Crippen LogP contribution in [0.3, 0.4) is 0 Å². The van der Waals surface area contributed by atoms with Crippen molar-refractivity contribution in [1.82, 2.24) is 0 Å². The summed E-state index contributed by atoms with van der Waals surface area (Å²) in [5.41, 5.74) is 1.03. The molecule has 0 radical (unpaired) electrons. The topological polar surface area (TPSA) is 37.3 Å². The van der Waals surface area contributed by atoms with Crippen molar-refractivity contribution in [2.75, 3.05) is 0 Å². The van der Waals surface area contributed by atoms with E-state index < -0.39 is 5.97 Å². The lowest BCUT2D eigenvalue weighted by atomic mass is 9.44. The summed E-state index contributed by atoms with van der Waals surface area (Å²) in [5, 5.41) is 9.27. The molecule has 4 saturated carbocycles. The van der Waals surface area contributed by atoms with Crippen LogP contribution in [0, 0.1) is 46.3 Å². The summed E-state index contributed by atoms with van der Waals surface area (Å²) in [6, 6.07) is 0. The van der Waals surface area contributed by atoms with Gasteiger partial charge in [-0.3, -0.25) is 4.79 Å². The van der Waals surface area contributed by atoms with E-state index in [0.29, 0.717) is 29.1 Å². The Kier molecular flexibility index (Phi) is 4.48. The third-order valence-corrected chi connectivity index (χ3v) is 9.84. The third kappa shape index (κ3) is 2.69. The molecule has 0 bridgehead atoms. The Morgan fingerprint density at radius 2 is 1.72 bits per heavy atom. The SMILES string of the molecule is C[C@H](CC(=O)O)[C@H]1CC[C@H]2[C@@H]3CC[C@@H]4CCCC[C@]4(C)[C@H]3CC[C@]12C. The van der Waals surface area contributed by atoms with E-state index in [9.17, 15) is 9.90 Å². The van der Waals surface area contributed by atoms with E-state index in [1.54, 1.807) is 0 Å². The monoisotopic (exact) mass is 346 g/mol. The minimum atomic E-state index is -0.608. The van der Waals surface area contributed by atoms with Crippen LogP contribution < -0.4 is 0 Å². The molecule has 4 fully saturated rings. The van der Waals surface area contributed by atoms with Gasteiger partial charge in [-0.05, 0) is 97.7 Å². The molecule has 0 amide bonds. The molecule has 25 heavy (non-hydrogen) atoms. The minimum Gasteiger partial charge on any atom is -0.481 e. The number of carboxylic acids is 1. The molecule has 0 aromatic rings. The van der Waals surface area contributed by atoms with E-state index in [1.807, 2.05) is 0 Å². The highest BCUT2D eigenvalue weighted by Crippen LogP contribution is 2.68. The van der Waals surface area contributed by atoms with Crippen LogP contribution in [0.5, 0.6) is 0 Å². The highest BCUT2D eigenvalue weighted by Gasteiger charge is 2.60. The normalized spacial score (nSPS) is 50.4. The predicted octanol–water partition coefficient (Wildman–Crippen LogP) is 6.15. The number of fused-ring (bicyclic) bond motifs is 5. The molecule has 1 N–H and O–H groups in total. The van der Waals surface area contributed by atoms with Crippen molar-refractivity contribution in [3.63, 3.8) is 0 Å². The van der Waals surface area contributed by atoms with Gasteiger partial charge in [0.2, 0.25) is 0 Å². The molecule has 8 atom stereocenters. The second kappa shape index (κ2) is 6.27. The fourth-order valence-electron chi connectivity index (χ4n) is 8.69. The first-order chi connectivity index (χ1) is 11.9. The van der Waals surface area contributed by atoms with Gasteiger partial charge in [0.15, 0.2) is 0 Å². The zero-order valence-electron chi connectivity index (χ0n) is 16.6. The molecule has 0 aromatic heterocycles. The maximum absolute atomic E-state index is 11.3. The molecule has 0 unspecified atom stereocenters. The van der Waals surface area contributed by atoms with Crippen molar-refractivity contribution in [3.8, 4) is 0 Å². The van der Waals surface area contributed by atoms with Crippen molar-refractivity contribution in [3.05, 3.63) is 0 Å². The summed E-state index contributed by atoms with van der Waals surface area (Å²) >= 11 is 0. The van der Waals surface area contributed by atoms with E-state index in [-0.39, 0.29) is 0 Å². The Bertz CT molecular complexity index is 528. The van der Waals surface area contributed by atoms with Gasteiger partial charge >= 0.3 is 5.97 Å². The number of hydrogen-bond donors (Lipinski definition) is 1. The molecule has 142 valence electrons. The smallest absolute Gasteiger partial charge is 0.303 e. The lowest BCUT2D eigenvalue weighted by Crippen LogP contribution is -2.53. The highest BCUT2D eigenvalue weighted by molar-refractivity contribution is 5.67. The van der Waals surface area contributed by atoms with Gasteiger partial charge in [-0.2, -0.15) is 0 Å². The van der Waals surface area contributed by atoms with Crippen LogP contribution in [0.1, 0.15) is 91.4 Å². The van der Waals surface area contributed by atoms with Gasteiger partial charge in [0.05, 0.1) is 0 Å². The first kappa shape index (κ1) is 17.9. The highest BCUT2D eigenvalue weighted by atomic mass is 16.4. The molecule has 4 rings (SSSR count). The molecule has 4 aliphatic carbocycles. The molecule has 0 aliphatic heterocycles. The van der Waals surface area contributed by atoms with E-state index in [0.717, 1.165) is 23.7 Å². The van der Waals surface area contributed by atoms with Gasteiger partial charge in [-0.25, -0.2) is 0 Å². The number of hydrogen-bond acceptors (Lipinski definition) is 1. The number of carboxylic acid groups (broad SMARTS) is 1. The van der Waals surface area contributed by atoms with Crippen LogP contribution in [0.2, 0.25) is 0 Å². The fraction of sp³-hybridized carbons (Fsp3) is 0.957. The van der Waals surface area contributed by atoms with Crippen LogP contribution in [0.25, 0.3) is 0 Å². The van der Waals surface area contributed by atoms with Crippen LogP contribution in [-0.4, -0.2) is 11.1 Å². The second-order valence-corrected chi connectivity index (χ2v) is 10.7. The first-order valence-corrected chi connectivity index (χ1v) is 11.1. The molecule has 0 aromatic carbocycles. The van der Waals surface area contributed by atoms with Crippen molar-refractivity contribution in [2.45, 2.75) is 91.4 Å². The lowest BCUT2D eigenvalue weighted by Gasteiger charge is -2.60.